The summed E-state index contributed by atoms with van der Waals surface area (Å²) in [6.07, 6.45) is -0.269. The van der Waals surface area contributed by atoms with Gasteiger partial charge in [-0.15, -0.1) is 12.4 Å². The van der Waals surface area contributed by atoms with E-state index in [1.54, 1.807) is 4.90 Å². The molecule has 0 saturated carbocycles. The van der Waals surface area contributed by atoms with E-state index in [1.165, 1.54) is 24.1 Å². The molecule has 1 saturated heterocycles. The van der Waals surface area contributed by atoms with Crippen molar-refractivity contribution in [2.75, 3.05) is 39.8 Å². The van der Waals surface area contributed by atoms with E-state index in [-0.39, 0.29) is 36.8 Å². The Morgan fingerprint density at radius 3 is 2.57 bits per heavy atom. The number of halogens is 3. The van der Waals surface area contributed by atoms with E-state index in [1.807, 2.05) is 0 Å². The highest BCUT2D eigenvalue weighted by molar-refractivity contribution is 5.86. The van der Waals surface area contributed by atoms with Crippen molar-refractivity contribution in [2.45, 2.75) is 6.42 Å². The molecule has 0 spiro atoms. The molecule has 0 unspecified atom stereocenters. The van der Waals surface area contributed by atoms with E-state index >= 15 is 0 Å². The summed E-state index contributed by atoms with van der Waals surface area (Å²) in [7, 11) is 1.49. The Morgan fingerprint density at radius 1 is 1.26 bits per heavy atom. The first-order valence-electron chi connectivity index (χ1n) is 7.14. The van der Waals surface area contributed by atoms with Gasteiger partial charge in [0.25, 0.3) is 0 Å². The van der Waals surface area contributed by atoms with Gasteiger partial charge in [0.1, 0.15) is 0 Å². The first-order chi connectivity index (χ1) is 10.5. The Hall–Kier alpha value is -1.73. The van der Waals surface area contributed by atoms with Crippen LogP contribution in [0, 0.1) is 11.6 Å². The van der Waals surface area contributed by atoms with Crippen LogP contribution in [0.4, 0.5) is 8.78 Å². The van der Waals surface area contributed by atoms with Gasteiger partial charge in [-0.3, -0.25) is 9.59 Å². The van der Waals surface area contributed by atoms with Crippen LogP contribution < -0.4 is 5.32 Å². The molecule has 0 aliphatic carbocycles. The number of benzene rings is 1. The quantitative estimate of drug-likeness (QED) is 0.877. The number of amides is 2. The van der Waals surface area contributed by atoms with Crippen molar-refractivity contribution in [2.24, 2.45) is 0 Å². The first kappa shape index (κ1) is 19.3. The third-order valence-corrected chi connectivity index (χ3v) is 3.64. The normalized spacial score (nSPS) is 14.1. The lowest BCUT2D eigenvalue weighted by Crippen LogP contribution is -2.49. The Morgan fingerprint density at radius 2 is 1.91 bits per heavy atom. The van der Waals surface area contributed by atoms with Crippen molar-refractivity contribution in [1.29, 1.82) is 0 Å². The largest absolute Gasteiger partial charge is 0.339 e. The van der Waals surface area contributed by atoms with Gasteiger partial charge in [0.05, 0.1) is 13.0 Å². The molecule has 1 aliphatic heterocycles. The van der Waals surface area contributed by atoms with E-state index in [0.717, 1.165) is 19.2 Å². The molecule has 1 aromatic carbocycles. The van der Waals surface area contributed by atoms with Crippen LogP contribution in [-0.2, 0) is 16.0 Å². The minimum Gasteiger partial charge on any atom is -0.339 e. The predicted octanol–water partition coefficient (Wildman–Crippen LogP) is 0.819. The van der Waals surface area contributed by atoms with E-state index < -0.39 is 17.5 Å². The fourth-order valence-corrected chi connectivity index (χ4v) is 2.29. The van der Waals surface area contributed by atoms with Gasteiger partial charge in [0.15, 0.2) is 11.6 Å². The summed E-state index contributed by atoms with van der Waals surface area (Å²) in [6, 6.07) is 3.72. The summed E-state index contributed by atoms with van der Waals surface area (Å²) in [5.41, 5.74) is -0.00790. The summed E-state index contributed by atoms with van der Waals surface area (Å²) >= 11 is 0. The highest BCUT2D eigenvalue weighted by Crippen LogP contribution is 2.12. The zero-order valence-electron chi connectivity index (χ0n) is 12.8. The molecule has 5 nitrogen and oxygen atoms in total. The topological polar surface area (TPSA) is 52.7 Å². The van der Waals surface area contributed by atoms with Crippen molar-refractivity contribution in [1.82, 2.24) is 15.1 Å². The average Bonchev–Trinajstić information content (AvgIpc) is 2.52. The third-order valence-electron chi connectivity index (χ3n) is 3.64. The van der Waals surface area contributed by atoms with Crippen LogP contribution in [-0.4, -0.2) is 61.4 Å². The molecule has 2 amide bonds. The van der Waals surface area contributed by atoms with E-state index in [2.05, 4.69) is 5.32 Å². The van der Waals surface area contributed by atoms with Crippen LogP contribution in [0.25, 0.3) is 0 Å². The van der Waals surface area contributed by atoms with Gasteiger partial charge in [0.2, 0.25) is 11.8 Å². The van der Waals surface area contributed by atoms with Crippen molar-refractivity contribution >= 4 is 24.2 Å². The zero-order valence-corrected chi connectivity index (χ0v) is 13.7. The van der Waals surface area contributed by atoms with Gasteiger partial charge in [-0.1, -0.05) is 12.1 Å². The lowest BCUT2D eigenvalue weighted by atomic mass is 10.1. The van der Waals surface area contributed by atoms with Crippen LogP contribution in [0.1, 0.15) is 5.56 Å². The van der Waals surface area contributed by atoms with Crippen molar-refractivity contribution in [3.63, 3.8) is 0 Å². The second kappa shape index (κ2) is 8.79. The number of nitrogens with one attached hydrogen (secondary N) is 1. The fourth-order valence-electron chi connectivity index (χ4n) is 2.29. The molecule has 128 valence electrons. The molecule has 1 fully saturated rings. The van der Waals surface area contributed by atoms with Crippen molar-refractivity contribution < 1.29 is 18.4 Å². The summed E-state index contributed by atoms with van der Waals surface area (Å²) in [6.45, 7) is 2.63. The molecule has 1 aliphatic rings. The number of hydrogen-bond donors (Lipinski definition) is 1. The number of hydrogen-bond acceptors (Lipinski definition) is 3. The molecule has 23 heavy (non-hydrogen) atoms. The van der Waals surface area contributed by atoms with Crippen LogP contribution in [0.3, 0.4) is 0 Å². The molecule has 0 atom stereocenters. The second-order valence-corrected chi connectivity index (χ2v) is 5.27. The highest BCUT2D eigenvalue weighted by atomic mass is 35.5. The maximum absolute atomic E-state index is 13.6. The lowest BCUT2D eigenvalue weighted by molar-refractivity contribution is -0.139. The SMILES string of the molecule is CN(CC(=O)N1CCNCC1)C(=O)Cc1cccc(F)c1F.Cl. The molecule has 1 aromatic rings. The van der Waals surface area contributed by atoms with Crippen molar-refractivity contribution in [3.05, 3.63) is 35.4 Å². The molecule has 1 heterocycles. The number of likely N-dealkylation sites (N-methyl/N-ethyl adjacent to an activating group) is 1. The molecule has 2 rings (SSSR count). The van der Waals surface area contributed by atoms with E-state index in [9.17, 15) is 18.4 Å². The molecule has 8 heteroatoms. The Labute approximate surface area is 140 Å². The highest BCUT2D eigenvalue weighted by Gasteiger charge is 2.21. The smallest absolute Gasteiger partial charge is 0.242 e. The zero-order chi connectivity index (χ0) is 16.1. The predicted molar refractivity (Wildman–Crippen MR) is 84.4 cm³/mol. The van der Waals surface area contributed by atoms with Gasteiger partial charge in [-0.2, -0.15) is 0 Å². The summed E-state index contributed by atoms with van der Waals surface area (Å²) in [4.78, 5) is 27.0. The number of carbonyl (C=O) groups is 2. The average molecular weight is 348 g/mol. The maximum atomic E-state index is 13.6. The van der Waals surface area contributed by atoms with Crippen LogP contribution in [0.15, 0.2) is 18.2 Å². The monoisotopic (exact) mass is 347 g/mol. The van der Waals surface area contributed by atoms with Gasteiger partial charge in [0, 0.05) is 38.8 Å². The number of rotatable bonds is 4. The van der Waals surface area contributed by atoms with Crippen LogP contribution >= 0.6 is 12.4 Å². The fraction of sp³-hybridized carbons (Fsp3) is 0.467. The standard InChI is InChI=1S/C15H19F2N3O2.ClH/c1-19(10-14(22)20-7-5-18-6-8-20)13(21)9-11-3-2-4-12(16)15(11)17;/h2-4,18H,5-10H2,1H3;1H. The number of carbonyl (C=O) groups excluding carboxylic acids is 2. The van der Waals surface area contributed by atoms with Gasteiger partial charge >= 0.3 is 0 Å². The minimum atomic E-state index is -1.02. The molecular weight excluding hydrogens is 328 g/mol. The summed E-state index contributed by atoms with van der Waals surface area (Å²) in [5.74, 6) is -2.56. The van der Waals surface area contributed by atoms with Gasteiger partial charge in [-0.05, 0) is 6.07 Å². The molecule has 0 aromatic heterocycles. The maximum Gasteiger partial charge on any atom is 0.242 e. The molecular formula is C15H20ClF2N3O2. The molecule has 1 N–H and O–H groups in total. The van der Waals surface area contributed by atoms with E-state index in [4.69, 9.17) is 0 Å². The third kappa shape index (κ3) is 5.14. The molecule has 0 radical (unpaired) electrons. The van der Waals surface area contributed by atoms with Gasteiger partial charge in [-0.25, -0.2) is 8.78 Å². The first-order valence-corrected chi connectivity index (χ1v) is 7.14. The van der Waals surface area contributed by atoms with Crippen LogP contribution in [0.5, 0.6) is 0 Å². The number of piperazine rings is 1. The van der Waals surface area contributed by atoms with Crippen molar-refractivity contribution in [3.8, 4) is 0 Å². The second-order valence-electron chi connectivity index (χ2n) is 5.27. The Balaban J connectivity index is 0.00000264. The lowest BCUT2D eigenvalue weighted by Gasteiger charge is -2.29. The minimum absolute atomic E-state index is 0. The Kier molecular flexibility index (Phi) is 7.38. The summed E-state index contributed by atoms with van der Waals surface area (Å²) in [5, 5.41) is 3.14. The van der Waals surface area contributed by atoms with E-state index in [0.29, 0.717) is 13.1 Å². The molecule has 0 bridgehead atoms. The Bertz CT molecular complexity index is 566. The number of nitrogens with zero attached hydrogens (tertiary/aromatic N) is 2. The van der Waals surface area contributed by atoms with Crippen LogP contribution in [0.2, 0.25) is 0 Å². The summed E-state index contributed by atoms with van der Waals surface area (Å²) < 4.78 is 26.7. The van der Waals surface area contributed by atoms with Gasteiger partial charge < -0.3 is 15.1 Å².